The Balaban J connectivity index is 1.83. The fourth-order valence-corrected chi connectivity index (χ4v) is 3.58. The molecule has 0 saturated carbocycles. The zero-order valence-electron chi connectivity index (χ0n) is 14.9. The zero-order chi connectivity index (χ0) is 19.7. The second kappa shape index (κ2) is 7.15. The number of hydrogen-bond donors (Lipinski definition) is 2. The van der Waals surface area contributed by atoms with E-state index in [4.69, 9.17) is 14.8 Å². The molecule has 6 heteroatoms. The Morgan fingerprint density at radius 3 is 2.57 bits per heavy atom. The van der Waals surface area contributed by atoms with Crippen LogP contribution in [0, 0.1) is 0 Å². The highest BCUT2D eigenvalue weighted by Gasteiger charge is 2.26. The van der Waals surface area contributed by atoms with Gasteiger partial charge in [0, 0.05) is 10.9 Å². The van der Waals surface area contributed by atoms with Gasteiger partial charge in [0.15, 0.2) is 6.61 Å². The maximum Gasteiger partial charge on any atom is 0.341 e. The molecule has 1 heterocycles. The maximum absolute atomic E-state index is 11.9. The van der Waals surface area contributed by atoms with Crippen molar-refractivity contribution in [3.63, 3.8) is 0 Å². The molecule has 1 aliphatic rings. The van der Waals surface area contributed by atoms with Crippen LogP contribution in [0.1, 0.15) is 33.6 Å². The number of rotatable bonds is 5. The highest BCUT2D eigenvalue weighted by molar-refractivity contribution is 6.06. The molecule has 0 saturated heterocycles. The zero-order valence-corrected chi connectivity index (χ0v) is 14.9. The number of ether oxygens (including phenoxy) is 1. The molecule has 28 heavy (non-hydrogen) atoms. The van der Waals surface area contributed by atoms with Crippen molar-refractivity contribution in [1.29, 1.82) is 0 Å². The third kappa shape index (κ3) is 3.20. The van der Waals surface area contributed by atoms with Gasteiger partial charge in [0.05, 0.1) is 16.8 Å². The van der Waals surface area contributed by atoms with Crippen molar-refractivity contribution < 1.29 is 24.5 Å². The van der Waals surface area contributed by atoms with Crippen molar-refractivity contribution in [2.75, 3.05) is 6.61 Å². The maximum atomic E-state index is 11.9. The fraction of sp³-hybridized carbons (Fsp3) is 0.136. The molecular formula is C22H17NO5. The van der Waals surface area contributed by atoms with Crippen LogP contribution >= 0.6 is 0 Å². The summed E-state index contributed by atoms with van der Waals surface area (Å²) in [6.45, 7) is -0.428. The second-order valence-electron chi connectivity index (χ2n) is 6.53. The minimum absolute atomic E-state index is 0.305. The molecule has 6 nitrogen and oxygen atoms in total. The molecule has 1 aromatic heterocycles. The van der Waals surface area contributed by atoms with Crippen molar-refractivity contribution >= 4 is 34.5 Å². The summed E-state index contributed by atoms with van der Waals surface area (Å²) in [5, 5.41) is 19.3. The van der Waals surface area contributed by atoms with Crippen molar-refractivity contribution in [3.8, 4) is 5.75 Å². The minimum atomic E-state index is -1.05. The molecule has 140 valence electrons. The Morgan fingerprint density at radius 1 is 1.04 bits per heavy atom. The number of pyridine rings is 1. The molecule has 2 N–H and O–H groups in total. The molecule has 0 bridgehead atoms. The minimum Gasteiger partial charge on any atom is -0.481 e. The van der Waals surface area contributed by atoms with E-state index in [2.05, 4.69) is 0 Å². The number of allylic oxidation sites excluding steroid dienone is 1. The Kier molecular flexibility index (Phi) is 4.53. The third-order valence-electron chi connectivity index (χ3n) is 4.76. The SMILES string of the molecule is O=C(O)COc1ccccc1/C=C1\CCc2c1nc1ccccc1c2C(=O)O. The fourth-order valence-electron chi connectivity index (χ4n) is 3.58. The number of carboxylic acid groups (broad SMARTS) is 2. The third-order valence-corrected chi connectivity index (χ3v) is 4.76. The van der Waals surface area contributed by atoms with Crippen LogP contribution in [0.25, 0.3) is 22.6 Å². The van der Waals surface area contributed by atoms with E-state index < -0.39 is 18.5 Å². The number of benzene rings is 2. The second-order valence-corrected chi connectivity index (χ2v) is 6.53. The highest BCUT2D eigenvalue weighted by atomic mass is 16.5. The first kappa shape index (κ1) is 17.7. The molecule has 0 amide bonds. The van der Waals surface area contributed by atoms with E-state index in [1.165, 1.54) is 0 Å². The molecule has 0 fully saturated rings. The van der Waals surface area contributed by atoms with Gasteiger partial charge in [0.1, 0.15) is 5.75 Å². The first-order valence-electron chi connectivity index (χ1n) is 8.84. The van der Waals surface area contributed by atoms with Crippen LogP contribution in [-0.2, 0) is 11.2 Å². The number of carboxylic acids is 2. The summed E-state index contributed by atoms with van der Waals surface area (Å²) >= 11 is 0. The number of aromatic nitrogens is 1. The van der Waals surface area contributed by atoms with E-state index in [1.54, 1.807) is 18.2 Å². The average molecular weight is 375 g/mol. The summed E-state index contributed by atoms with van der Waals surface area (Å²) in [5.41, 5.74) is 4.01. The van der Waals surface area contributed by atoms with Gasteiger partial charge in [0.2, 0.25) is 0 Å². The van der Waals surface area contributed by atoms with E-state index >= 15 is 0 Å². The molecular weight excluding hydrogens is 358 g/mol. The molecule has 2 aromatic carbocycles. The quantitative estimate of drug-likeness (QED) is 0.702. The molecule has 4 rings (SSSR count). The van der Waals surface area contributed by atoms with Crippen LogP contribution in [0.3, 0.4) is 0 Å². The van der Waals surface area contributed by atoms with E-state index in [1.807, 2.05) is 36.4 Å². The van der Waals surface area contributed by atoms with E-state index in [9.17, 15) is 14.7 Å². The van der Waals surface area contributed by atoms with Gasteiger partial charge in [-0.15, -0.1) is 0 Å². The van der Waals surface area contributed by atoms with Gasteiger partial charge < -0.3 is 14.9 Å². The standard InChI is InChI=1S/C22H17NO5/c24-19(25)12-28-18-8-4-1-5-13(18)11-14-9-10-16-20(22(26)27)15-6-2-3-7-17(15)23-21(14)16/h1-8,11H,9-10,12H2,(H,24,25)(H,26,27)/b14-11+. The summed E-state index contributed by atoms with van der Waals surface area (Å²) in [7, 11) is 0. The van der Waals surface area contributed by atoms with Gasteiger partial charge in [0.25, 0.3) is 0 Å². The largest absolute Gasteiger partial charge is 0.481 e. The average Bonchev–Trinajstić information content (AvgIpc) is 3.07. The molecule has 0 atom stereocenters. The van der Waals surface area contributed by atoms with Crippen LogP contribution in [0.15, 0.2) is 48.5 Å². The molecule has 0 spiro atoms. The van der Waals surface area contributed by atoms with E-state index in [0.717, 1.165) is 16.7 Å². The summed E-state index contributed by atoms with van der Waals surface area (Å²) in [4.78, 5) is 27.4. The van der Waals surface area contributed by atoms with Gasteiger partial charge in [-0.3, -0.25) is 0 Å². The molecule has 0 radical (unpaired) electrons. The van der Waals surface area contributed by atoms with Gasteiger partial charge in [-0.2, -0.15) is 0 Å². The number of carbonyl (C=O) groups is 2. The normalized spacial score (nSPS) is 14.2. The van der Waals surface area contributed by atoms with Crippen LogP contribution in [0.4, 0.5) is 0 Å². The Hall–Kier alpha value is -3.67. The lowest BCUT2D eigenvalue weighted by Gasteiger charge is -2.10. The molecule has 1 aliphatic carbocycles. The predicted octanol–water partition coefficient (Wildman–Crippen LogP) is 3.88. The van der Waals surface area contributed by atoms with Gasteiger partial charge in [-0.1, -0.05) is 36.4 Å². The smallest absolute Gasteiger partial charge is 0.341 e. The number of aromatic carboxylic acids is 1. The summed E-state index contributed by atoms with van der Waals surface area (Å²) in [6.07, 6.45) is 3.15. The number of aliphatic carboxylic acids is 1. The summed E-state index contributed by atoms with van der Waals surface area (Å²) < 4.78 is 5.37. The monoisotopic (exact) mass is 375 g/mol. The number of para-hydroxylation sites is 2. The number of hydrogen-bond acceptors (Lipinski definition) is 4. The van der Waals surface area contributed by atoms with Crippen molar-refractivity contribution in [2.45, 2.75) is 12.8 Å². The number of nitrogens with zero attached hydrogens (tertiary/aromatic N) is 1. The first-order valence-corrected chi connectivity index (χ1v) is 8.84. The summed E-state index contributed by atoms with van der Waals surface area (Å²) in [6, 6.07) is 14.4. The van der Waals surface area contributed by atoms with Gasteiger partial charge in [-0.05, 0) is 42.2 Å². The van der Waals surface area contributed by atoms with Gasteiger partial charge in [-0.25, -0.2) is 14.6 Å². The Morgan fingerprint density at radius 2 is 1.79 bits per heavy atom. The highest BCUT2D eigenvalue weighted by Crippen LogP contribution is 2.38. The number of fused-ring (bicyclic) bond motifs is 2. The molecule has 0 aliphatic heterocycles. The van der Waals surface area contributed by atoms with E-state index in [-0.39, 0.29) is 0 Å². The lowest BCUT2D eigenvalue weighted by molar-refractivity contribution is -0.139. The van der Waals surface area contributed by atoms with Crippen LogP contribution in [0.5, 0.6) is 5.75 Å². The van der Waals surface area contributed by atoms with Crippen molar-refractivity contribution in [2.24, 2.45) is 0 Å². The summed E-state index contributed by atoms with van der Waals surface area (Å²) in [5.74, 6) is -1.54. The predicted molar refractivity (Wildman–Crippen MR) is 104 cm³/mol. The lowest BCUT2D eigenvalue weighted by Crippen LogP contribution is -2.10. The van der Waals surface area contributed by atoms with Crippen LogP contribution in [-0.4, -0.2) is 33.7 Å². The van der Waals surface area contributed by atoms with E-state index in [0.29, 0.717) is 40.8 Å². The van der Waals surface area contributed by atoms with Crippen LogP contribution < -0.4 is 4.74 Å². The van der Waals surface area contributed by atoms with Crippen molar-refractivity contribution in [3.05, 3.63) is 70.9 Å². The topological polar surface area (TPSA) is 96.7 Å². The molecule has 0 unspecified atom stereocenters. The van der Waals surface area contributed by atoms with Crippen LogP contribution in [0.2, 0.25) is 0 Å². The first-order chi connectivity index (χ1) is 13.5. The van der Waals surface area contributed by atoms with Crippen molar-refractivity contribution in [1.82, 2.24) is 4.98 Å². The molecule has 3 aromatic rings. The lowest BCUT2D eigenvalue weighted by atomic mass is 10.0. The Bertz CT molecular complexity index is 1130. The van der Waals surface area contributed by atoms with Gasteiger partial charge >= 0.3 is 11.9 Å². The Labute approximate surface area is 160 Å².